The predicted molar refractivity (Wildman–Crippen MR) is 118 cm³/mol. The van der Waals surface area contributed by atoms with Crippen molar-refractivity contribution in [1.82, 2.24) is 15.5 Å². The lowest BCUT2D eigenvalue weighted by Crippen LogP contribution is -2.26. The van der Waals surface area contributed by atoms with Crippen LogP contribution >= 0.6 is 0 Å². The summed E-state index contributed by atoms with van der Waals surface area (Å²) in [6.45, 7) is 8.92. The molecule has 0 aliphatic rings. The molecule has 2 aromatic carbocycles. The standard InChI is InChI=1S/C24H29N3O4/c1-5-29-20-12-11-19(15-21(20)30-6-2)17(4)25-22(28)13-14-23-26-27-24(31-23)18-9-7-16(3)8-10-18/h7-12,15,17H,5-6,13-14H2,1-4H3,(H,25,28)/t17-/m0/s1. The first-order chi connectivity index (χ1) is 15.0. The van der Waals surface area contributed by atoms with E-state index in [2.05, 4.69) is 15.5 Å². The fraction of sp³-hybridized carbons (Fsp3) is 0.375. The van der Waals surface area contributed by atoms with E-state index in [9.17, 15) is 4.79 Å². The number of nitrogens with one attached hydrogen (secondary N) is 1. The van der Waals surface area contributed by atoms with Crippen molar-refractivity contribution in [2.24, 2.45) is 0 Å². The van der Waals surface area contributed by atoms with E-state index in [1.807, 2.05) is 70.2 Å². The maximum atomic E-state index is 12.4. The summed E-state index contributed by atoms with van der Waals surface area (Å²) in [7, 11) is 0. The van der Waals surface area contributed by atoms with Gasteiger partial charge in [0, 0.05) is 18.4 Å². The maximum absolute atomic E-state index is 12.4. The molecular formula is C24H29N3O4. The number of carbonyl (C=O) groups is 1. The molecule has 1 amide bonds. The number of aryl methyl sites for hydroxylation is 2. The number of ether oxygens (including phenoxy) is 2. The number of aromatic nitrogens is 2. The smallest absolute Gasteiger partial charge is 0.247 e. The fourth-order valence-corrected chi connectivity index (χ4v) is 3.12. The van der Waals surface area contributed by atoms with Crippen molar-refractivity contribution in [1.29, 1.82) is 0 Å². The molecular weight excluding hydrogens is 394 g/mol. The lowest BCUT2D eigenvalue weighted by Gasteiger charge is -2.17. The van der Waals surface area contributed by atoms with E-state index >= 15 is 0 Å². The minimum Gasteiger partial charge on any atom is -0.490 e. The van der Waals surface area contributed by atoms with Crippen LogP contribution in [0.15, 0.2) is 46.9 Å². The monoisotopic (exact) mass is 423 g/mol. The molecule has 3 aromatic rings. The van der Waals surface area contributed by atoms with Crippen LogP contribution in [0.4, 0.5) is 0 Å². The highest BCUT2D eigenvalue weighted by atomic mass is 16.5. The Hall–Kier alpha value is -3.35. The average molecular weight is 424 g/mol. The van der Waals surface area contributed by atoms with Gasteiger partial charge >= 0.3 is 0 Å². The first-order valence-corrected chi connectivity index (χ1v) is 10.6. The van der Waals surface area contributed by atoms with Gasteiger partial charge in [0.2, 0.25) is 17.7 Å². The van der Waals surface area contributed by atoms with Crippen molar-refractivity contribution in [3.63, 3.8) is 0 Å². The molecule has 0 saturated carbocycles. The van der Waals surface area contributed by atoms with Gasteiger partial charge in [-0.25, -0.2) is 0 Å². The summed E-state index contributed by atoms with van der Waals surface area (Å²) in [4.78, 5) is 12.4. The van der Waals surface area contributed by atoms with Gasteiger partial charge in [0.15, 0.2) is 11.5 Å². The minimum atomic E-state index is -0.173. The largest absolute Gasteiger partial charge is 0.490 e. The lowest BCUT2D eigenvalue weighted by molar-refractivity contribution is -0.121. The Morgan fingerprint density at radius 1 is 1.03 bits per heavy atom. The molecule has 7 heteroatoms. The van der Waals surface area contributed by atoms with E-state index in [-0.39, 0.29) is 18.4 Å². The number of carbonyl (C=O) groups excluding carboxylic acids is 1. The molecule has 0 spiro atoms. The highest BCUT2D eigenvalue weighted by Crippen LogP contribution is 2.30. The van der Waals surface area contributed by atoms with Crippen LogP contribution in [0.5, 0.6) is 11.5 Å². The Labute approximate surface area is 182 Å². The number of hydrogen-bond acceptors (Lipinski definition) is 6. The summed E-state index contributed by atoms with van der Waals surface area (Å²) in [6, 6.07) is 13.4. The molecule has 1 N–H and O–H groups in total. The van der Waals surface area contributed by atoms with Crippen LogP contribution < -0.4 is 14.8 Å². The van der Waals surface area contributed by atoms with Crippen molar-refractivity contribution in [3.05, 3.63) is 59.5 Å². The van der Waals surface area contributed by atoms with Crippen LogP contribution in [0.2, 0.25) is 0 Å². The summed E-state index contributed by atoms with van der Waals surface area (Å²) in [5, 5.41) is 11.1. The first kappa shape index (κ1) is 22.3. The molecule has 3 rings (SSSR count). The number of hydrogen-bond donors (Lipinski definition) is 1. The maximum Gasteiger partial charge on any atom is 0.247 e. The Morgan fingerprint density at radius 2 is 1.74 bits per heavy atom. The van der Waals surface area contributed by atoms with E-state index in [0.717, 1.165) is 16.7 Å². The molecule has 1 aromatic heterocycles. The topological polar surface area (TPSA) is 86.5 Å². The molecule has 0 aliphatic heterocycles. The Balaban J connectivity index is 1.56. The summed E-state index contributed by atoms with van der Waals surface area (Å²) in [6.07, 6.45) is 0.639. The first-order valence-electron chi connectivity index (χ1n) is 10.6. The van der Waals surface area contributed by atoms with Gasteiger partial charge in [-0.3, -0.25) is 4.79 Å². The quantitative estimate of drug-likeness (QED) is 0.511. The number of benzene rings is 2. The van der Waals surface area contributed by atoms with Crippen LogP contribution in [0.25, 0.3) is 11.5 Å². The minimum absolute atomic E-state index is 0.0885. The molecule has 0 unspecified atom stereocenters. The van der Waals surface area contributed by atoms with Gasteiger partial charge in [-0.2, -0.15) is 0 Å². The molecule has 0 bridgehead atoms. The second kappa shape index (κ2) is 10.6. The zero-order valence-corrected chi connectivity index (χ0v) is 18.5. The third kappa shape index (κ3) is 6.07. The SMILES string of the molecule is CCOc1ccc([C@H](C)NC(=O)CCc2nnc(-c3ccc(C)cc3)o2)cc1OCC. The molecule has 7 nitrogen and oxygen atoms in total. The Kier molecular flexibility index (Phi) is 7.65. The van der Waals surface area contributed by atoms with E-state index in [1.54, 1.807) is 0 Å². The van der Waals surface area contributed by atoms with Crippen molar-refractivity contribution < 1.29 is 18.7 Å². The van der Waals surface area contributed by atoms with E-state index in [1.165, 1.54) is 0 Å². The number of rotatable bonds is 10. The van der Waals surface area contributed by atoms with Crippen LogP contribution in [0.3, 0.4) is 0 Å². The fourth-order valence-electron chi connectivity index (χ4n) is 3.12. The van der Waals surface area contributed by atoms with Crippen molar-refractivity contribution in [3.8, 4) is 23.0 Å². The van der Waals surface area contributed by atoms with Gasteiger partial charge in [-0.1, -0.05) is 23.8 Å². The highest BCUT2D eigenvalue weighted by Gasteiger charge is 2.15. The highest BCUT2D eigenvalue weighted by molar-refractivity contribution is 5.76. The zero-order valence-electron chi connectivity index (χ0n) is 18.5. The van der Waals surface area contributed by atoms with Crippen LogP contribution in [-0.2, 0) is 11.2 Å². The molecule has 0 radical (unpaired) electrons. The molecule has 0 saturated heterocycles. The van der Waals surface area contributed by atoms with Crippen molar-refractivity contribution in [2.75, 3.05) is 13.2 Å². The number of nitrogens with zero attached hydrogens (tertiary/aromatic N) is 2. The van der Waals surface area contributed by atoms with Crippen molar-refractivity contribution >= 4 is 5.91 Å². The van der Waals surface area contributed by atoms with Crippen LogP contribution in [-0.4, -0.2) is 29.3 Å². The predicted octanol–water partition coefficient (Wildman–Crippen LogP) is 4.65. The van der Waals surface area contributed by atoms with Gasteiger partial charge in [0.25, 0.3) is 0 Å². The second-order valence-electron chi connectivity index (χ2n) is 7.23. The molecule has 1 heterocycles. The van der Waals surface area contributed by atoms with Gasteiger partial charge < -0.3 is 19.2 Å². The third-order valence-corrected chi connectivity index (χ3v) is 4.78. The summed E-state index contributed by atoms with van der Waals surface area (Å²) >= 11 is 0. The second-order valence-corrected chi connectivity index (χ2v) is 7.23. The van der Waals surface area contributed by atoms with Crippen LogP contribution in [0.1, 0.15) is 50.3 Å². The average Bonchev–Trinajstić information content (AvgIpc) is 3.23. The van der Waals surface area contributed by atoms with E-state index < -0.39 is 0 Å². The van der Waals surface area contributed by atoms with Crippen molar-refractivity contribution in [2.45, 2.75) is 46.6 Å². The van der Waals surface area contributed by atoms with E-state index in [0.29, 0.717) is 42.9 Å². The molecule has 0 fully saturated rings. The lowest BCUT2D eigenvalue weighted by atomic mass is 10.1. The van der Waals surface area contributed by atoms with Gasteiger partial charge in [-0.15, -0.1) is 10.2 Å². The molecule has 0 aliphatic carbocycles. The Bertz CT molecular complexity index is 998. The van der Waals surface area contributed by atoms with Gasteiger partial charge in [0.1, 0.15) is 0 Å². The normalized spacial score (nSPS) is 11.7. The summed E-state index contributed by atoms with van der Waals surface area (Å²) < 4.78 is 17.0. The van der Waals surface area contributed by atoms with Gasteiger partial charge in [-0.05, 0) is 57.5 Å². The van der Waals surface area contributed by atoms with Gasteiger partial charge in [0.05, 0.1) is 19.3 Å². The Morgan fingerprint density at radius 3 is 2.45 bits per heavy atom. The molecule has 1 atom stereocenters. The third-order valence-electron chi connectivity index (χ3n) is 4.78. The zero-order chi connectivity index (χ0) is 22.2. The molecule has 31 heavy (non-hydrogen) atoms. The van der Waals surface area contributed by atoms with Crippen LogP contribution in [0, 0.1) is 6.92 Å². The summed E-state index contributed by atoms with van der Waals surface area (Å²) in [5.74, 6) is 2.19. The number of amides is 1. The molecule has 164 valence electrons. The summed E-state index contributed by atoms with van der Waals surface area (Å²) in [5.41, 5.74) is 2.97. The van der Waals surface area contributed by atoms with E-state index in [4.69, 9.17) is 13.9 Å².